The van der Waals surface area contributed by atoms with Crippen LogP contribution in [0.3, 0.4) is 0 Å². The molecule has 3 N–H and O–H groups in total. The lowest BCUT2D eigenvalue weighted by Crippen LogP contribution is -2.27. The van der Waals surface area contributed by atoms with E-state index in [1.165, 1.54) is 0 Å². The Hall–Kier alpha value is -0.720. The highest BCUT2D eigenvalue weighted by atomic mass is 35.5. The average molecular weight is 243 g/mol. The second-order valence-corrected chi connectivity index (χ2v) is 3.78. The monoisotopic (exact) mass is 242 g/mol. The lowest BCUT2D eigenvalue weighted by Gasteiger charge is -2.15. The zero-order valence-corrected chi connectivity index (χ0v) is 9.86. The molecular weight excluding hydrogens is 231 g/mol. The molecule has 0 aliphatic heterocycles. The summed E-state index contributed by atoms with van der Waals surface area (Å²) in [5, 5.41) is 1.05. The standard InChI is InChI=1S/C11H12Cl2N2/c1-2-3-7-10(15-14)8-5-4-6-9(12)11(8)13/h4-6,10,15H,7,14H2,1H3. The summed E-state index contributed by atoms with van der Waals surface area (Å²) >= 11 is 12.0. The van der Waals surface area contributed by atoms with E-state index in [0.29, 0.717) is 16.5 Å². The number of nitrogens with one attached hydrogen (secondary N) is 1. The van der Waals surface area contributed by atoms with Gasteiger partial charge in [-0.1, -0.05) is 35.3 Å². The summed E-state index contributed by atoms with van der Waals surface area (Å²) in [5.74, 6) is 11.2. The fourth-order valence-corrected chi connectivity index (χ4v) is 1.69. The minimum atomic E-state index is -0.0938. The van der Waals surface area contributed by atoms with Crippen LogP contribution in [-0.4, -0.2) is 0 Å². The van der Waals surface area contributed by atoms with Gasteiger partial charge in [-0.3, -0.25) is 11.3 Å². The molecular formula is C11H12Cl2N2. The Morgan fingerprint density at radius 3 is 2.80 bits per heavy atom. The number of benzene rings is 1. The van der Waals surface area contributed by atoms with E-state index in [9.17, 15) is 0 Å². The average Bonchev–Trinajstić information content (AvgIpc) is 2.25. The SMILES string of the molecule is CC#CCC(NN)c1cccc(Cl)c1Cl. The topological polar surface area (TPSA) is 38.0 Å². The van der Waals surface area contributed by atoms with Crippen molar-refractivity contribution < 1.29 is 0 Å². The summed E-state index contributed by atoms with van der Waals surface area (Å²) in [6, 6.07) is 5.37. The number of halogens is 2. The molecule has 0 spiro atoms. The quantitative estimate of drug-likeness (QED) is 0.486. The van der Waals surface area contributed by atoms with Gasteiger partial charge < -0.3 is 0 Å². The molecule has 0 aromatic heterocycles. The highest BCUT2D eigenvalue weighted by Crippen LogP contribution is 2.30. The van der Waals surface area contributed by atoms with Crippen LogP contribution in [0.2, 0.25) is 10.0 Å². The third-order valence-corrected chi connectivity index (χ3v) is 2.87. The van der Waals surface area contributed by atoms with Gasteiger partial charge >= 0.3 is 0 Å². The van der Waals surface area contributed by atoms with E-state index >= 15 is 0 Å². The second-order valence-electron chi connectivity index (χ2n) is 2.99. The van der Waals surface area contributed by atoms with Crippen LogP contribution in [0.25, 0.3) is 0 Å². The summed E-state index contributed by atoms with van der Waals surface area (Å²) < 4.78 is 0. The summed E-state index contributed by atoms with van der Waals surface area (Å²) in [6.07, 6.45) is 0.604. The zero-order valence-electron chi connectivity index (χ0n) is 8.35. The fraction of sp³-hybridized carbons (Fsp3) is 0.273. The highest BCUT2D eigenvalue weighted by Gasteiger charge is 2.13. The van der Waals surface area contributed by atoms with E-state index in [2.05, 4.69) is 17.3 Å². The second kappa shape index (κ2) is 5.99. The maximum atomic E-state index is 6.07. The van der Waals surface area contributed by atoms with Crippen molar-refractivity contribution in [3.8, 4) is 11.8 Å². The molecule has 0 radical (unpaired) electrons. The largest absolute Gasteiger partial charge is 0.271 e. The number of hydrogen-bond donors (Lipinski definition) is 2. The van der Waals surface area contributed by atoms with Crippen LogP contribution in [0, 0.1) is 11.8 Å². The number of nitrogens with two attached hydrogens (primary N) is 1. The van der Waals surface area contributed by atoms with E-state index in [0.717, 1.165) is 5.56 Å². The Morgan fingerprint density at radius 1 is 1.47 bits per heavy atom. The lowest BCUT2D eigenvalue weighted by atomic mass is 10.0. The number of hydrazine groups is 1. The van der Waals surface area contributed by atoms with Crippen LogP contribution in [0.15, 0.2) is 18.2 Å². The summed E-state index contributed by atoms with van der Waals surface area (Å²) in [5.41, 5.74) is 3.55. The molecule has 0 saturated carbocycles. The van der Waals surface area contributed by atoms with Crippen molar-refractivity contribution >= 4 is 23.2 Å². The third kappa shape index (κ3) is 3.12. The van der Waals surface area contributed by atoms with Gasteiger partial charge in [0.15, 0.2) is 0 Å². The maximum absolute atomic E-state index is 6.07. The van der Waals surface area contributed by atoms with Crippen LogP contribution >= 0.6 is 23.2 Å². The predicted molar refractivity (Wildman–Crippen MR) is 64.6 cm³/mol. The first-order chi connectivity index (χ1) is 7.20. The van der Waals surface area contributed by atoms with Crippen molar-refractivity contribution in [1.29, 1.82) is 0 Å². The van der Waals surface area contributed by atoms with Gasteiger partial charge in [0.2, 0.25) is 0 Å². The van der Waals surface area contributed by atoms with Crippen molar-refractivity contribution in [3.63, 3.8) is 0 Å². The van der Waals surface area contributed by atoms with E-state index in [4.69, 9.17) is 29.0 Å². The van der Waals surface area contributed by atoms with E-state index in [1.807, 2.05) is 12.1 Å². The Kier molecular flexibility index (Phi) is 4.93. The van der Waals surface area contributed by atoms with E-state index in [-0.39, 0.29) is 6.04 Å². The van der Waals surface area contributed by atoms with Crippen LogP contribution in [0.4, 0.5) is 0 Å². The van der Waals surface area contributed by atoms with Gasteiger partial charge in [0.1, 0.15) is 0 Å². The molecule has 0 heterocycles. The van der Waals surface area contributed by atoms with Crippen molar-refractivity contribution in [3.05, 3.63) is 33.8 Å². The van der Waals surface area contributed by atoms with E-state index < -0.39 is 0 Å². The number of rotatable bonds is 3. The van der Waals surface area contributed by atoms with Gasteiger partial charge in [0.25, 0.3) is 0 Å². The molecule has 1 rings (SSSR count). The molecule has 0 aliphatic carbocycles. The predicted octanol–water partition coefficient (Wildman–Crippen LogP) is 2.91. The molecule has 0 amide bonds. The van der Waals surface area contributed by atoms with Gasteiger partial charge in [0.05, 0.1) is 16.1 Å². The molecule has 0 aliphatic rings. The minimum absolute atomic E-state index is 0.0938. The van der Waals surface area contributed by atoms with Crippen LogP contribution in [-0.2, 0) is 0 Å². The smallest absolute Gasteiger partial charge is 0.0640 e. The van der Waals surface area contributed by atoms with Crippen LogP contribution in [0.1, 0.15) is 24.9 Å². The van der Waals surface area contributed by atoms with Gasteiger partial charge in [-0.2, -0.15) is 0 Å². The molecule has 0 saturated heterocycles. The molecule has 80 valence electrons. The highest BCUT2D eigenvalue weighted by molar-refractivity contribution is 6.42. The Bertz CT molecular complexity index is 393. The molecule has 4 heteroatoms. The third-order valence-electron chi connectivity index (χ3n) is 2.04. The van der Waals surface area contributed by atoms with Crippen molar-refractivity contribution in [1.82, 2.24) is 5.43 Å². The van der Waals surface area contributed by atoms with Gasteiger partial charge in [0, 0.05) is 6.42 Å². The molecule has 2 nitrogen and oxygen atoms in total. The van der Waals surface area contributed by atoms with Gasteiger partial charge in [-0.25, -0.2) is 0 Å². The first-order valence-electron chi connectivity index (χ1n) is 4.50. The first-order valence-corrected chi connectivity index (χ1v) is 5.26. The number of hydrogen-bond acceptors (Lipinski definition) is 2. The first kappa shape index (κ1) is 12.4. The normalized spacial score (nSPS) is 11.7. The Balaban J connectivity index is 2.99. The Morgan fingerprint density at radius 2 is 2.20 bits per heavy atom. The maximum Gasteiger partial charge on any atom is 0.0640 e. The minimum Gasteiger partial charge on any atom is -0.271 e. The Labute approximate surface area is 99.7 Å². The fourth-order valence-electron chi connectivity index (χ4n) is 1.25. The van der Waals surface area contributed by atoms with Crippen molar-refractivity contribution in [2.24, 2.45) is 5.84 Å². The molecule has 1 aromatic carbocycles. The molecule has 0 fully saturated rings. The molecule has 0 bridgehead atoms. The molecule has 15 heavy (non-hydrogen) atoms. The van der Waals surface area contributed by atoms with Crippen LogP contribution < -0.4 is 11.3 Å². The van der Waals surface area contributed by atoms with Gasteiger partial charge in [-0.05, 0) is 18.6 Å². The molecule has 1 aromatic rings. The summed E-state index contributed by atoms with van der Waals surface area (Å²) in [6.45, 7) is 1.78. The van der Waals surface area contributed by atoms with Crippen molar-refractivity contribution in [2.45, 2.75) is 19.4 Å². The molecule has 1 atom stereocenters. The summed E-state index contributed by atoms with van der Waals surface area (Å²) in [7, 11) is 0. The summed E-state index contributed by atoms with van der Waals surface area (Å²) in [4.78, 5) is 0. The van der Waals surface area contributed by atoms with Gasteiger partial charge in [-0.15, -0.1) is 11.8 Å². The molecule has 1 unspecified atom stereocenters. The zero-order chi connectivity index (χ0) is 11.3. The lowest BCUT2D eigenvalue weighted by molar-refractivity contribution is 0.568. The van der Waals surface area contributed by atoms with Crippen LogP contribution in [0.5, 0.6) is 0 Å². The van der Waals surface area contributed by atoms with Crippen molar-refractivity contribution in [2.75, 3.05) is 0 Å². The van der Waals surface area contributed by atoms with E-state index in [1.54, 1.807) is 13.0 Å².